The maximum absolute atomic E-state index is 12.1. The maximum atomic E-state index is 12.1. The second-order valence-corrected chi connectivity index (χ2v) is 11.9. The topological polar surface area (TPSA) is 34.1 Å². The van der Waals surface area contributed by atoms with Crippen LogP contribution in [0.3, 0.4) is 0 Å². The Bertz CT molecular complexity index is 428. The fourth-order valence-corrected chi connectivity index (χ4v) is 5.41. The third kappa shape index (κ3) is 31.5. The summed E-state index contributed by atoms with van der Waals surface area (Å²) in [4.78, 5) is 24.2. The molecule has 2 nitrogen and oxygen atoms in total. The molecular weight excluding hydrogens is 452 g/mol. The summed E-state index contributed by atoms with van der Waals surface area (Å²) in [5.41, 5.74) is 0. The van der Waals surface area contributed by atoms with Gasteiger partial charge in [0.25, 0.3) is 0 Å². The summed E-state index contributed by atoms with van der Waals surface area (Å²) in [5, 5.41) is 0. The third-order valence-corrected chi connectivity index (χ3v) is 8.03. The van der Waals surface area contributed by atoms with E-state index in [0.717, 1.165) is 32.1 Å². The van der Waals surface area contributed by atoms with Gasteiger partial charge in [0.1, 0.15) is 11.6 Å². The number of carbonyl (C=O) groups excluding carboxylic acids is 2. The van der Waals surface area contributed by atoms with Crippen molar-refractivity contribution in [2.45, 2.75) is 213 Å². The van der Waals surface area contributed by atoms with Gasteiger partial charge in [0.15, 0.2) is 0 Å². The molecule has 0 aliphatic carbocycles. The second-order valence-electron chi connectivity index (χ2n) is 11.9. The molecule has 0 amide bonds. The van der Waals surface area contributed by atoms with Crippen molar-refractivity contribution in [3.05, 3.63) is 0 Å². The highest BCUT2D eigenvalue weighted by Crippen LogP contribution is 2.15. The first-order chi connectivity index (χ1) is 18.2. The molecule has 2 heteroatoms. The number of unbranched alkanes of at least 4 members (excludes halogenated alkanes) is 24. The van der Waals surface area contributed by atoms with Crippen molar-refractivity contribution in [3.63, 3.8) is 0 Å². The summed E-state index contributed by atoms with van der Waals surface area (Å²) in [7, 11) is 0. The minimum atomic E-state index is 0.372. The molecule has 0 aromatic carbocycles. The van der Waals surface area contributed by atoms with Gasteiger partial charge in [0.2, 0.25) is 0 Å². The molecule has 0 aliphatic heterocycles. The molecule has 0 radical (unpaired) electrons. The number of hydrogen-bond donors (Lipinski definition) is 0. The van der Waals surface area contributed by atoms with E-state index < -0.39 is 0 Å². The lowest BCUT2D eigenvalue weighted by atomic mass is 10.0. The van der Waals surface area contributed by atoms with Crippen LogP contribution in [-0.2, 0) is 9.59 Å². The average Bonchev–Trinajstić information content (AvgIpc) is 2.89. The fraction of sp³-hybridized carbons (Fsp3) is 0.943. The molecule has 0 fully saturated rings. The van der Waals surface area contributed by atoms with E-state index in [-0.39, 0.29) is 0 Å². The lowest BCUT2D eigenvalue weighted by Gasteiger charge is -2.04. The Labute approximate surface area is 233 Å². The fourth-order valence-electron chi connectivity index (χ4n) is 5.41. The van der Waals surface area contributed by atoms with E-state index in [1.807, 2.05) is 0 Å². The Balaban J connectivity index is 3.27. The van der Waals surface area contributed by atoms with Crippen molar-refractivity contribution in [2.24, 2.45) is 0 Å². The lowest BCUT2D eigenvalue weighted by molar-refractivity contribution is -0.120. The molecule has 37 heavy (non-hydrogen) atoms. The zero-order chi connectivity index (χ0) is 27.1. The lowest BCUT2D eigenvalue weighted by Crippen LogP contribution is -2.02. The van der Waals surface area contributed by atoms with E-state index in [2.05, 4.69) is 13.8 Å². The zero-order valence-electron chi connectivity index (χ0n) is 25.7. The quantitative estimate of drug-likeness (QED) is 0.0826. The normalized spacial score (nSPS) is 11.3. The number of ketones is 2. The molecule has 0 aromatic rings. The first-order valence-electron chi connectivity index (χ1n) is 17.2. The van der Waals surface area contributed by atoms with Gasteiger partial charge >= 0.3 is 0 Å². The standard InChI is InChI=1S/C35H68O2/c1-3-5-7-9-11-13-15-17-19-21-23-25-27-30-34(36)32-29-33-35(37)31-28-26-24-22-20-18-16-14-12-10-8-6-4-2/h3-33H2,1-2H3. The Morgan fingerprint density at radius 3 is 0.703 bits per heavy atom. The minimum Gasteiger partial charge on any atom is -0.300 e. The molecule has 0 bridgehead atoms. The first-order valence-corrected chi connectivity index (χ1v) is 17.2. The predicted octanol–water partition coefficient (Wildman–Crippen LogP) is 12.3. The van der Waals surface area contributed by atoms with Crippen LogP contribution in [0.2, 0.25) is 0 Å². The van der Waals surface area contributed by atoms with Crippen LogP contribution in [0.1, 0.15) is 213 Å². The van der Waals surface area contributed by atoms with Crippen LogP contribution in [0.4, 0.5) is 0 Å². The Kier molecular flexibility index (Phi) is 31.0. The van der Waals surface area contributed by atoms with Crippen molar-refractivity contribution < 1.29 is 9.59 Å². The van der Waals surface area contributed by atoms with Crippen LogP contribution >= 0.6 is 0 Å². The van der Waals surface area contributed by atoms with Gasteiger partial charge in [0.05, 0.1) is 0 Å². The average molecular weight is 521 g/mol. The van der Waals surface area contributed by atoms with Crippen LogP contribution in [0, 0.1) is 0 Å². The Hall–Kier alpha value is -0.660. The van der Waals surface area contributed by atoms with Gasteiger partial charge in [-0.1, -0.05) is 168 Å². The molecule has 0 atom stereocenters. The number of hydrogen-bond acceptors (Lipinski definition) is 2. The summed E-state index contributed by atoms with van der Waals surface area (Å²) >= 11 is 0. The molecule has 0 N–H and O–H groups in total. The van der Waals surface area contributed by atoms with Gasteiger partial charge < -0.3 is 0 Å². The highest BCUT2D eigenvalue weighted by molar-refractivity contribution is 5.81. The smallest absolute Gasteiger partial charge is 0.132 e. The highest BCUT2D eigenvalue weighted by Gasteiger charge is 2.06. The number of Topliss-reactive ketones (excluding diaryl/α,β-unsaturated/α-hetero) is 2. The molecule has 220 valence electrons. The van der Waals surface area contributed by atoms with Crippen molar-refractivity contribution in [3.8, 4) is 0 Å². The third-order valence-electron chi connectivity index (χ3n) is 8.03. The van der Waals surface area contributed by atoms with Gasteiger partial charge in [-0.15, -0.1) is 0 Å². The molecule has 0 spiro atoms. The van der Waals surface area contributed by atoms with Crippen LogP contribution < -0.4 is 0 Å². The van der Waals surface area contributed by atoms with Crippen molar-refractivity contribution in [1.82, 2.24) is 0 Å². The predicted molar refractivity (Wildman–Crippen MR) is 164 cm³/mol. The van der Waals surface area contributed by atoms with Gasteiger partial charge in [-0.3, -0.25) is 9.59 Å². The SMILES string of the molecule is CCCCCCCCCCCCCCCC(=O)CCCC(=O)CCCCCCCCCCCCCCC. The molecule has 0 heterocycles. The monoisotopic (exact) mass is 521 g/mol. The van der Waals surface area contributed by atoms with E-state index in [9.17, 15) is 9.59 Å². The summed E-state index contributed by atoms with van der Waals surface area (Å²) in [6.45, 7) is 4.56. The Morgan fingerprint density at radius 1 is 0.270 bits per heavy atom. The summed E-state index contributed by atoms with van der Waals surface area (Å²) in [6, 6.07) is 0. The minimum absolute atomic E-state index is 0.372. The van der Waals surface area contributed by atoms with Gasteiger partial charge in [-0.25, -0.2) is 0 Å². The largest absolute Gasteiger partial charge is 0.300 e. The van der Waals surface area contributed by atoms with Crippen LogP contribution in [-0.4, -0.2) is 11.6 Å². The highest BCUT2D eigenvalue weighted by atomic mass is 16.1. The molecule has 0 saturated heterocycles. The van der Waals surface area contributed by atoms with E-state index in [4.69, 9.17) is 0 Å². The van der Waals surface area contributed by atoms with Crippen LogP contribution in [0.5, 0.6) is 0 Å². The van der Waals surface area contributed by atoms with Crippen molar-refractivity contribution in [2.75, 3.05) is 0 Å². The maximum Gasteiger partial charge on any atom is 0.132 e. The van der Waals surface area contributed by atoms with E-state index >= 15 is 0 Å². The molecule has 0 rings (SSSR count). The summed E-state index contributed by atoms with van der Waals surface area (Å²) < 4.78 is 0. The molecule has 0 aliphatic rings. The molecule has 0 unspecified atom stereocenters. The van der Waals surface area contributed by atoms with E-state index in [1.165, 1.54) is 154 Å². The van der Waals surface area contributed by atoms with Gasteiger partial charge in [-0.05, 0) is 19.3 Å². The molecular formula is C35H68O2. The molecule has 0 saturated carbocycles. The Morgan fingerprint density at radius 2 is 0.459 bits per heavy atom. The second kappa shape index (κ2) is 31.6. The van der Waals surface area contributed by atoms with Crippen LogP contribution in [0.15, 0.2) is 0 Å². The summed E-state index contributed by atoms with van der Waals surface area (Å²) in [6.07, 6.45) is 38.3. The van der Waals surface area contributed by atoms with E-state index in [1.54, 1.807) is 0 Å². The zero-order valence-corrected chi connectivity index (χ0v) is 25.7. The van der Waals surface area contributed by atoms with Crippen LogP contribution in [0.25, 0.3) is 0 Å². The van der Waals surface area contributed by atoms with Gasteiger partial charge in [-0.2, -0.15) is 0 Å². The van der Waals surface area contributed by atoms with E-state index in [0.29, 0.717) is 24.4 Å². The number of rotatable bonds is 32. The van der Waals surface area contributed by atoms with Crippen molar-refractivity contribution in [1.29, 1.82) is 0 Å². The summed E-state index contributed by atoms with van der Waals surface area (Å²) in [5.74, 6) is 0.744. The first kappa shape index (κ1) is 36.3. The molecule has 0 aromatic heterocycles. The van der Waals surface area contributed by atoms with Gasteiger partial charge in [0, 0.05) is 25.7 Å². The van der Waals surface area contributed by atoms with Crippen molar-refractivity contribution >= 4 is 11.6 Å². The number of carbonyl (C=O) groups is 2.